The number of amides is 2. The maximum Gasteiger partial charge on any atom is 0.251 e. The predicted molar refractivity (Wildman–Crippen MR) is 130 cm³/mol. The Labute approximate surface area is 200 Å². The zero-order valence-electron chi connectivity index (χ0n) is 19.9. The lowest BCUT2D eigenvalue weighted by molar-refractivity contribution is -0.131. The highest BCUT2D eigenvalue weighted by atomic mass is 16.3. The number of fused-ring (bicyclic) bond motifs is 2. The normalized spacial score (nSPS) is 30.1. The van der Waals surface area contributed by atoms with E-state index in [1.807, 2.05) is 56.3 Å². The Morgan fingerprint density at radius 1 is 1.24 bits per heavy atom. The lowest BCUT2D eigenvalue weighted by atomic mass is 9.92. The highest BCUT2D eigenvalue weighted by Gasteiger charge is 2.42. The van der Waals surface area contributed by atoms with Gasteiger partial charge in [-0.1, -0.05) is 44.2 Å². The van der Waals surface area contributed by atoms with E-state index in [-0.39, 0.29) is 29.7 Å². The van der Waals surface area contributed by atoms with Gasteiger partial charge < -0.3 is 16.2 Å². The zero-order valence-corrected chi connectivity index (χ0v) is 19.9. The molecule has 0 radical (unpaired) electrons. The van der Waals surface area contributed by atoms with Crippen LogP contribution in [0.15, 0.2) is 47.5 Å². The van der Waals surface area contributed by atoms with E-state index in [0.29, 0.717) is 18.4 Å². The van der Waals surface area contributed by atoms with Crippen LogP contribution in [-0.2, 0) is 11.2 Å². The third-order valence-electron chi connectivity index (χ3n) is 7.81. The summed E-state index contributed by atoms with van der Waals surface area (Å²) in [4.78, 5) is 32.6. The van der Waals surface area contributed by atoms with Crippen LogP contribution in [0.25, 0.3) is 0 Å². The molecule has 2 amide bonds. The number of nitrogens with one attached hydrogen (secondary N) is 1. The minimum absolute atomic E-state index is 0.0255. The van der Waals surface area contributed by atoms with Gasteiger partial charge in [0.15, 0.2) is 5.96 Å². The van der Waals surface area contributed by atoms with Gasteiger partial charge in [0.1, 0.15) is 0 Å². The molecule has 5 rings (SSSR count). The van der Waals surface area contributed by atoms with Crippen LogP contribution in [0, 0.1) is 0 Å². The highest BCUT2D eigenvalue weighted by Crippen LogP contribution is 2.45. The van der Waals surface area contributed by atoms with Crippen molar-refractivity contribution in [2.45, 2.75) is 76.1 Å². The van der Waals surface area contributed by atoms with Crippen LogP contribution in [0.4, 0.5) is 0 Å². The van der Waals surface area contributed by atoms with Crippen LogP contribution < -0.4 is 11.1 Å². The Kier molecular flexibility index (Phi) is 5.47. The number of nitrogens with zero attached hydrogens (tertiary/aromatic N) is 2. The van der Waals surface area contributed by atoms with E-state index in [1.165, 1.54) is 0 Å². The first-order valence-electron chi connectivity index (χ1n) is 12.1. The summed E-state index contributed by atoms with van der Waals surface area (Å²) in [6.45, 7) is 6.10. The fraction of sp³-hybridized carbons (Fsp3) is 0.444. The van der Waals surface area contributed by atoms with Gasteiger partial charge in [-0.2, -0.15) is 0 Å². The molecule has 1 aliphatic heterocycles. The number of carbonyl (C=O) groups excluding carboxylic acids is 2. The van der Waals surface area contributed by atoms with Crippen molar-refractivity contribution in [3.8, 4) is 0 Å². The van der Waals surface area contributed by atoms with Gasteiger partial charge in [-0.15, -0.1) is 0 Å². The molecular weight excluding hydrogens is 428 g/mol. The number of benzene rings is 2. The van der Waals surface area contributed by atoms with Crippen LogP contribution in [0.1, 0.15) is 90.6 Å². The molecule has 0 aromatic heterocycles. The quantitative estimate of drug-likeness (QED) is 0.650. The number of guanidine groups is 1. The minimum Gasteiger partial charge on any atom is -0.390 e. The van der Waals surface area contributed by atoms with E-state index in [1.54, 1.807) is 4.90 Å². The predicted octanol–water partition coefficient (Wildman–Crippen LogP) is 3.34. The molecule has 7 heteroatoms. The molecule has 178 valence electrons. The monoisotopic (exact) mass is 460 g/mol. The van der Waals surface area contributed by atoms with Crippen LogP contribution in [0.3, 0.4) is 0 Å². The molecule has 2 aromatic rings. The maximum absolute atomic E-state index is 13.2. The van der Waals surface area contributed by atoms with Gasteiger partial charge in [0, 0.05) is 12.0 Å². The summed E-state index contributed by atoms with van der Waals surface area (Å²) < 4.78 is 0. The van der Waals surface area contributed by atoms with Gasteiger partial charge in [-0.3, -0.25) is 14.5 Å². The second-order valence-electron chi connectivity index (χ2n) is 10.2. The second-order valence-corrected chi connectivity index (χ2v) is 10.2. The summed E-state index contributed by atoms with van der Waals surface area (Å²) in [6, 6.07) is 12.8. The summed E-state index contributed by atoms with van der Waals surface area (Å²) in [7, 11) is 0. The third kappa shape index (κ3) is 3.68. The van der Waals surface area contributed by atoms with E-state index >= 15 is 0 Å². The molecule has 0 bridgehead atoms. The molecule has 2 aromatic carbocycles. The van der Waals surface area contributed by atoms with Crippen molar-refractivity contribution in [1.29, 1.82) is 0 Å². The van der Waals surface area contributed by atoms with Gasteiger partial charge in [-0.05, 0) is 60.1 Å². The molecule has 0 fully saturated rings. The van der Waals surface area contributed by atoms with Crippen LogP contribution in [-0.4, -0.2) is 39.4 Å². The standard InChI is InChI=1S/C27H32N4O3/c1-4-27(3)14-23(33)31(26(28)30-27)21-11-15(2)18-10-9-17(12-20(18)21)25(34)29-24-19-8-6-5-7-16(19)13-22(24)32/h5-10,12,15,21-22,24,32H,4,11,13-14H2,1-3H3,(H2,28,30)(H,29,34)/t15-,21-,22-,24-,27-/m1/s1. The smallest absolute Gasteiger partial charge is 0.251 e. The largest absolute Gasteiger partial charge is 0.390 e. The average Bonchev–Trinajstić information content (AvgIpc) is 3.29. The Bertz CT molecular complexity index is 1190. The molecule has 0 unspecified atom stereocenters. The van der Waals surface area contributed by atoms with Gasteiger partial charge in [0.2, 0.25) is 5.91 Å². The second kappa shape index (κ2) is 8.24. The summed E-state index contributed by atoms with van der Waals surface area (Å²) in [5, 5.41) is 13.6. The summed E-state index contributed by atoms with van der Waals surface area (Å²) in [6.07, 6.45) is 1.67. The first-order chi connectivity index (χ1) is 16.2. The fourth-order valence-corrected chi connectivity index (χ4v) is 5.71. The molecule has 2 aliphatic carbocycles. The first-order valence-corrected chi connectivity index (χ1v) is 12.1. The molecule has 0 saturated carbocycles. The van der Waals surface area contributed by atoms with Crippen molar-refractivity contribution in [3.63, 3.8) is 0 Å². The lowest BCUT2D eigenvalue weighted by Crippen LogP contribution is -2.51. The van der Waals surface area contributed by atoms with E-state index in [9.17, 15) is 14.7 Å². The Hall–Kier alpha value is -3.19. The molecule has 4 N–H and O–H groups in total. The van der Waals surface area contributed by atoms with E-state index in [0.717, 1.165) is 35.1 Å². The van der Waals surface area contributed by atoms with E-state index < -0.39 is 17.7 Å². The molecule has 5 atom stereocenters. The molecule has 34 heavy (non-hydrogen) atoms. The fourth-order valence-electron chi connectivity index (χ4n) is 5.71. The summed E-state index contributed by atoms with van der Waals surface area (Å²) >= 11 is 0. The maximum atomic E-state index is 13.2. The number of carbonyl (C=O) groups is 2. The topological polar surface area (TPSA) is 108 Å². The number of hydrogen-bond donors (Lipinski definition) is 3. The average molecular weight is 461 g/mol. The zero-order chi connectivity index (χ0) is 24.2. The van der Waals surface area contributed by atoms with Crippen molar-refractivity contribution in [2.75, 3.05) is 0 Å². The molecule has 0 saturated heterocycles. The first kappa shape index (κ1) is 22.6. The number of hydrogen-bond acceptors (Lipinski definition) is 5. The number of nitrogens with two attached hydrogens (primary N) is 1. The van der Waals surface area contributed by atoms with Crippen molar-refractivity contribution in [3.05, 3.63) is 70.3 Å². The van der Waals surface area contributed by atoms with E-state index in [4.69, 9.17) is 5.73 Å². The van der Waals surface area contributed by atoms with Crippen molar-refractivity contribution < 1.29 is 14.7 Å². The molecule has 0 spiro atoms. The lowest BCUT2D eigenvalue weighted by Gasteiger charge is -2.38. The number of rotatable bonds is 4. The van der Waals surface area contributed by atoms with Crippen molar-refractivity contribution in [1.82, 2.24) is 10.2 Å². The molecule has 3 aliphatic rings. The number of aliphatic imine (C=N–C) groups is 1. The van der Waals surface area contributed by atoms with Gasteiger partial charge in [0.25, 0.3) is 5.91 Å². The van der Waals surface area contributed by atoms with Gasteiger partial charge in [-0.25, -0.2) is 4.99 Å². The Balaban J connectivity index is 1.43. The molecular formula is C27H32N4O3. The Morgan fingerprint density at radius 3 is 2.74 bits per heavy atom. The van der Waals surface area contributed by atoms with E-state index in [2.05, 4.69) is 17.2 Å². The Morgan fingerprint density at radius 2 is 2.00 bits per heavy atom. The number of aliphatic hydroxyl groups is 1. The molecule has 7 nitrogen and oxygen atoms in total. The van der Waals surface area contributed by atoms with Gasteiger partial charge >= 0.3 is 0 Å². The van der Waals surface area contributed by atoms with Crippen LogP contribution >= 0.6 is 0 Å². The van der Waals surface area contributed by atoms with Gasteiger partial charge in [0.05, 0.1) is 30.1 Å². The van der Waals surface area contributed by atoms with Crippen LogP contribution in [0.2, 0.25) is 0 Å². The highest BCUT2D eigenvalue weighted by molar-refractivity contribution is 6.00. The number of aliphatic hydroxyl groups excluding tert-OH is 1. The van der Waals surface area contributed by atoms with Crippen LogP contribution in [0.5, 0.6) is 0 Å². The van der Waals surface area contributed by atoms with Crippen molar-refractivity contribution >= 4 is 17.8 Å². The minimum atomic E-state index is -0.654. The summed E-state index contributed by atoms with van der Waals surface area (Å²) in [5.74, 6) is 0.224. The SMILES string of the molecule is CC[C@]1(C)CC(=O)N([C@@H]2C[C@@H](C)c3ccc(C(=O)N[C@@H]4c5ccccc5C[C@H]4O)cc32)C(N)=N1. The third-order valence-corrected chi connectivity index (χ3v) is 7.81. The van der Waals surface area contributed by atoms with Crippen molar-refractivity contribution in [2.24, 2.45) is 10.7 Å². The summed E-state index contributed by atoms with van der Waals surface area (Å²) in [5.41, 5.74) is 10.4. The molecule has 1 heterocycles.